The van der Waals surface area contributed by atoms with E-state index in [9.17, 15) is 0 Å². The number of tetrazole rings is 1. The van der Waals surface area contributed by atoms with Crippen LogP contribution in [0.25, 0.3) is 22.3 Å². The smallest absolute Gasteiger partial charge is 0.204 e. The van der Waals surface area contributed by atoms with Gasteiger partial charge in [-0.15, -0.1) is 10.2 Å². The molecule has 3 aromatic carbocycles. The van der Waals surface area contributed by atoms with Crippen LogP contribution in [0.1, 0.15) is 28.4 Å². The molecular weight excluding hydrogens is 412 g/mol. The number of aromatic nitrogens is 5. The maximum Gasteiger partial charge on any atom is 0.204 e. The van der Waals surface area contributed by atoms with E-state index in [0.717, 1.165) is 30.8 Å². The largest absolute Gasteiger partial charge is 0.497 e. The number of para-hydroxylation sites is 1. The van der Waals surface area contributed by atoms with Crippen molar-refractivity contribution in [2.24, 2.45) is 0 Å². The van der Waals surface area contributed by atoms with Gasteiger partial charge in [-0.3, -0.25) is 4.90 Å². The summed E-state index contributed by atoms with van der Waals surface area (Å²) in [6, 6.07) is 25.5. The number of nitrogens with one attached hydrogen (secondary N) is 2. The highest BCUT2D eigenvalue weighted by Gasteiger charge is 2.31. The van der Waals surface area contributed by atoms with Crippen LogP contribution in [0.2, 0.25) is 0 Å². The van der Waals surface area contributed by atoms with Crippen molar-refractivity contribution in [1.29, 1.82) is 0 Å². The summed E-state index contributed by atoms with van der Waals surface area (Å²) in [6.07, 6.45) is 1.01. The minimum absolute atomic E-state index is 0.126. The lowest BCUT2D eigenvalue weighted by molar-refractivity contribution is 0.202. The molecule has 0 fully saturated rings. The van der Waals surface area contributed by atoms with Gasteiger partial charge in [0, 0.05) is 35.2 Å². The molecule has 0 radical (unpaired) electrons. The SMILES string of the molecule is COc1ccc(C2c3[nH]c4ccccc4c3CCN2Cc2cccc(-c3nn[nH]n3)c2)cc1. The van der Waals surface area contributed by atoms with Gasteiger partial charge in [-0.1, -0.05) is 48.5 Å². The molecule has 0 amide bonds. The fourth-order valence-corrected chi connectivity index (χ4v) is 4.95. The van der Waals surface area contributed by atoms with Gasteiger partial charge in [0.05, 0.1) is 13.2 Å². The van der Waals surface area contributed by atoms with Gasteiger partial charge in [0.25, 0.3) is 0 Å². The highest BCUT2D eigenvalue weighted by molar-refractivity contribution is 5.85. The summed E-state index contributed by atoms with van der Waals surface area (Å²) >= 11 is 0. The van der Waals surface area contributed by atoms with Crippen LogP contribution in [-0.2, 0) is 13.0 Å². The van der Waals surface area contributed by atoms with Crippen LogP contribution < -0.4 is 4.74 Å². The normalized spacial score (nSPS) is 16.1. The van der Waals surface area contributed by atoms with Crippen LogP contribution in [0.3, 0.4) is 0 Å². The third kappa shape index (κ3) is 3.56. The summed E-state index contributed by atoms with van der Waals surface area (Å²) in [5.41, 5.74) is 7.32. The van der Waals surface area contributed by atoms with Crippen molar-refractivity contribution in [2.75, 3.05) is 13.7 Å². The molecule has 6 rings (SSSR count). The predicted molar refractivity (Wildman–Crippen MR) is 127 cm³/mol. The maximum atomic E-state index is 5.40. The van der Waals surface area contributed by atoms with E-state index in [1.165, 1.54) is 33.3 Å². The molecular formula is C26H24N6O. The second-order valence-electron chi connectivity index (χ2n) is 8.39. The van der Waals surface area contributed by atoms with Crippen molar-refractivity contribution < 1.29 is 4.74 Å². The van der Waals surface area contributed by atoms with Crippen LogP contribution in [-0.4, -0.2) is 44.2 Å². The van der Waals surface area contributed by atoms with E-state index < -0.39 is 0 Å². The summed E-state index contributed by atoms with van der Waals surface area (Å²) in [7, 11) is 1.70. The Balaban J connectivity index is 1.41. The molecule has 1 atom stereocenters. The van der Waals surface area contributed by atoms with Gasteiger partial charge in [-0.05, 0) is 52.6 Å². The van der Waals surface area contributed by atoms with E-state index in [1.54, 1.807) is 7.11 Å². The number of nitrogens with zero attached hydrogens (tertiary/aromatic N) is 4. The molecule has 7 heteroatoms. The van der Waals surface area contributed by atoms with E-state index in [0.29, 0.717) is 5.82 Å². The molecule has 2 aromatic heterocycles. The molecule has 3 heterocycles. The van der Waals surface area contributed by atoms with Crippen molar-refractivity contribution in [1.82, 2.24) is 30.5 Å². The lowest BCUT2D eigenvalue weighted by Crippen LogP contribution is -2.35. The minimum Gasteiger partial charge on any atom is -0.497 e. The van der Waals surface area contributed by atoms with Crippen LogP contribution in [0.4, 0.5) is 0 Å². The number of fused-ring (bicyclic) bond motifs is 3. The topological polar surface area (TPSA) is 82.7 Å². The number of hydrogen-bond acceptors (Lipinski definition) is 5. The Kier molecular flexibility index (Phi) is 4.88. The summed E-state index contributed by atoms with van der Waals surface area (Å²) < 4.78 is 5.40. The lowest BCUT2D eigenvalue weighted by Gasteiger charge is -2.36. The number of ether oxygens (including phenoxy) is 1. The van der Waals surface area contributed by atoms with Crippen LogP contribution in [0.15, 0.2) is 72.8 Å². The lowest BCUT2D eigenvalue weighted by atomic mass is 9.91. The monoisotopic (exact) mass is 436 g/mol. The van der Waals surface area contributed by atoms with E-state index >= 15 is 0 Å². The predicted octanol–water partition coefficient (Wildman–Crippen LogP) is 4.50. The highest BCUT2D eigenvalue weighted by Crippen LogP contribution is 2.39. The second-order valence-corrected chi connectivity index (χ2v) is 8.39. The van der Waals surface area contributed by atoms with Gasteiger partial charge >= 0.3 is 0 Å². The molecule has 0 saturated heterocycles. The Morgan fingerprint density at radius 2 is 1.91 bits per heavy atom. The standard InChI is InChI=1S/C26H24N6O/c1-33-20-11-9-18(10-12-20)25-24-22(21-7-2-3-8-23(21)27-24)13-14-32(25)16-17-5-4-6-19(15-17)26-28-30-31-29-26/h2-12,15,25,27H,13-14,16H2,1H3,(H,28,29,30,31). The number of benzene rings is 3. The third-order valence-electron chi connectivity index (χ3n) is 6.48. The molecule has 5 aromatic rings. The van der Waals surface area contributed by atoms with Crippen molar-refractivity contribution in [2.45, 2.75) is 19.0 Å². The van der Waals surface area contributed by atoms with Crippen molar-refractivity contribution in [3.8, 4) is 17.1 Å². The molecule has 1 aliphatic rings. The van der Waals surface area contributed by atoms with Crippen molar-refractivity contribution >= 4 is 10.9 Å². The number of H-pyrrole nitrogens is 2. The quantitative estimate of drug-likeness (QED) is 0.424. The first-order valence-electron chi connectivity index (χ1n) is 11.1. The first-order valence-corrected chi connectivity index (χ1v) is 11.1. The Hall–Kier alpha value is -3.97. The Labute approximate surface area is 191 Å². The fraction of sp³-hybridized carbons (Fsp3) is 0.192. The van der Waals surface area contributed by atoms with Crippen LogP contribution >= 0.6 is 0 Å². The van der Waals surface area contributed by atoms with E-state index in [1.807, 2.05) is 18.2 Å². The third-order valence-corrected chi connectivity index (χ3v) is 6.48. The average molecular weight is 437 g/mol. The van der Waals surface area contributed by atoms with Gasteiger partial charge in [0.2, 0.25) is 5.82 Å². The second kappa shape index (κ2) is 8.18. The van der Waals surface area contributed by atoms with Crippen LogP contribution in [0, 0.1) is 0 Å². The van der Waals surface area contributed by atoms with Gasteiger partial charge in [-0.2, -0.15) is 5.21 Å². The molecule has 164 valence electrons. The fourth-order valence-electron chi connectivity index (χ4n) is 4.95. The van der Waals surface area contributed by atoms with Crippen molar-refractivity contribution in [3.05, 3.63) is 95.2 Å². The number of aromatic amines is 2. The molecule has 0 aliphatic carbocycles. The van der Waals surface area contributed by atoms with E-state index in [4.69, 9.17) is 4.74 Å². The molecule has 33 heavy (non-hydrogen) atoms. The van der Waals surface area contributed by atoms with Crippen molar-refractivity contribution in [3.63, 3.8) is 0 Å². The maximum absolute atomic E-state index is 5.40. The Morgan fingerprint density at radius 1 is 1.03 bits per heavy atom. The van der Waals surface area contributed by atoms with Gasteiger partial charge in [0.1, 0.15) is 5.75 Å². The molecule has 0 saturated carbocycles. The van der Waals surface area contributed by atoms with Gasteiger partial charge in [0.15, 0.2) is 0 Å². The molecule has 1 unspecified atom stereocenters. The molecule has 0 bridgehead atoms. The number of hydrogen-bond donors (Lipinski definition) is 2. The molecule has 2 N–H and O–H groups in total. The van der Waals surface area contributed by atoms with Crippen LogP contribution in [0.5, 0.6) is 5.75 Å². The summed E-state index contributed by atoms with van der Waals surface area (Å²) in [5.74, 6) is 1.48. The average Bonchev–Trinajstić information content (AvgIpc) is 3.53. The van der Waals surface area contributed by atoms with Gasteiger partial charge < -0.3 is 9.72 Å². The summed E-state index contributed by atoms with van der Waals surface area (Å²) in [6.45, 7) is 1.79. The number of methoxy groups -OCH3 is 1. The van der Waals surface area contributed by atoms with Gasteiger partial charge in [-0.25, -0.2) is 0 Å². The zero-order valence-electron chi connectivity index (χ0n) is 18.3. The van der Waals surface area contributed by atoms with E-state index in [-0.39, 0.29) is 6.04 Å². The molecule has 1 aliphatic heterocycles. The Bertz CT molecular complexity index is 1390. The first-order chi connectivity index (χ1) is 16.3. The Morgan fingerprint density at radius 3 is 2.73 bits per heavy atom. The molecule has 0 spiro atoms. The first kappa shape index (κ1) is 19.7. The van der Waals surface area contributed by atoms with E-state index in [2.05, 4.69) is 85.1 Å². The zero-order valence-corrected chi connectivity index (χ0v) is 18.3. The zero-order chi connectivity index (χ0) is 22.2. The minimum atomic E-state index is 0.126. The highest BCUT2D eigenvalue weighted by atomic mass is 16.5. The molecule has 7 nitrogen and oxygen atoms in total. The summed E-state index contributed by atoms with van der Waals surface area (Å²) in [4.78, 5) is 6.27. The summed E-state index contributed by atoms with van der Waals surface area (Å²) in [5, 5.41) is 15.8. The number of rotatable bonds is 5.